The number of nitrogens with one attached hydrogen (secondary N) is 1. The summed E-state index contributed by atoms with van der Waals surface area (Å²) in [5.74, 6) is -0.0264. The number of aliphatic hydroxyl groups is 1. The zero-order valence-corrected chi connectivity index (χ0v) is 13.3. The molecule has 124 valence electrons. The third-order valence-corrected chi connectivity index (χ3v) is 4.61. The van der Waals surface area contributed by atoms with Gasteiger partial charge in [0.25, 0.3) is 0 Å². The number of amides is 1. The summed E-state index contributed by atoms with van der Waals surface area (Å²) in [5, 5.41) is 17.7. The molecule has 7 nitrogen and oxygen atoms in total. The van der Waals surface area contributed by atoms with Crippen LogP contribution in [-0.2, 0) is 18.3 Å². The fraction of sp³-hybridized carbons (Fsp3) is 0.562. The molecule has 0 aliphatic heterocycles. The van der Waals surface area contributed by atoms with Crippen molar-refractivity contribution in [1.82, 2.24) is 24.6 Å². The summed E-state index contributed by atoms with van der Waals surface area (Å²) in [6.45, 7) is 0. The van der Waals surface area contributed by atoms with Gasteiger partial charge in [-0.3, -0.25) is 9.48 Å². The molecule has 2 N–H and O–H groups in total. The lowest BCUT2D eigenvalue weighted by molar-refractivity contribution is -0.123. The second-order valence-corrected chi connectivity index (χ2v) is 6.12. The molecule has 1 aliphatic carbocycles. The fourth-order valence-electron chi connectivity index (χ4n) is 3.27. The number of hydrogen-bond acceptors (Lipinski definition) is 4. The smallest absolute Gasteiger partial charge is 0.220 e. The van der Waals surface area contributed by atoms with Crippen LogP contribution in [0.25, 0.3) is 0 Å². The molecule has 2 heterocycles. The van der Waals surface area contributed by atoms with Gasteiger partial charge in [0.2, 0.25) is 5.91 Å². The average Bonchev–Trinajstić information content (AvgIpc) is 3.19. The van der Waals surface area contributed by atoms with E-state index in [1.165, 1.54) is 0 Å². The van der Waals surface area contributed by atoms with E-state index in [1.54, 1.807) is 23.4 Å². The van der Waals surface area contributed by atoms with Gasteiger partial charge in [0.1, 0.15) is 0 Å². The van der Waals surface area contributed by atoms with Crippen LogP contribution in [-0.4, -0.2) is 42.5 Å². The van der Waals surface area contributed by atoms with Crippen molar-refractivity contribution in [3.05, 3.63) is 36.7 Å². The first-order chi connectivity index (χ1) is 11.1. The first kappa shape index (κ1) is 15.7. The van der Waals surface area contributed by atoms with E-state index >= 15 is 0 Å². The van der Waals surface area contributed by atoms with Crippen molar-refractivity contribution in [2.24, 2.45) is 7.05 Å². The van der Waals surface area contributed by atoms with Crippen molar-refractivity contribution in [2.75, 3.05) is 0 Å². The first-order valence-electron chi connectivity index (χ1n) is 8.07. The Morgan fingerprint density at radius 3 is 3.00 bits per heavy atom. The number of aliphatic hydroxyl groups excluding tert-OH is 1. The molecule has 3 rings (SSSR count). The standard InChI is InChI=1S/C16H23N5O2/c1-20-12(7-8-18-20)5-6-15(22)19-13-3-2-4-14(16(13)23)21-10-9-17-11-21/h7-11,13-14,16,23H,2-6H2,1H3,(H,19,22)/t13-,14-,16-/m1/s1. The topological polar surface area (TPSA) is 85.0 Å². The van der Waals surface area contributed by atoms with Crippen LogP contribution in [0.1, 0.15) is 37.4 Å². The van der Waals surface area contributed by atoms with E-state index in [4.69, 9.17) is 0 Å². The Labute approximate surface area is 135 Å². The van der Waals surface area contributed by atoms with Gasteiger partial charge in [-0.15, -0.1) is 0 Å². The van der Waals surface area contributed by atoms with Crippen LogP contribution in [0.2, 0.25) is 0 Å². The van der Waals surface area contributed by atoms with Gasteiger partial charge in [-0.05, 0) is 31.7 Å². The number of nitrogens with zero attached hydrogens (tertiary/aromatic N) is 4. The number of aryl methyl sites for hydroxylation is 2. The molecule has 0 aromatic carbocycles. The molecule has 0 bridgehead atoms. The minimum absolute atomic E-state index is 0.0198. The third-order valence-electron chi connectivity index (χ3n) is 4.61. The summed E-state index contributed by atoms with van der Waals surface area (Å²) < 4.78 is 3.70. The third kappa shape index (κ3) is 3.61. The van der Waals surface area contributed by atoms with E-state index < -0.39 is 6.10 Å². The van der Waals surface area contributed by atoms with E-state index in [0.29, 0.717) is 12.8 Å². The molecule has 0 radical (unpaired) electrons. The summed E-state index contributed by atoms with van der Waals surface area (Å²) in [5.41, 5.74) is 1.03. The number of rotatable bonds is 5. The molecule has 23 heavy (non-hydrogen) atoms. The number of carbonyl (C=O) groups is 1. The van der Waals surface area contributed by atoms with Crippen LogP contribution in [0, 0.1) is 0 Å². The molecule has 1 aliphatic rings. The highest BCUT2D eigenvalue weighted by Crippen LogP contribution is 2.28. The van der Waals surface area contributed by atoms with Crippen molar-refractivity contribution in [2.45, 2.75) is 50.3 Å². The molecule has 3 atom stereocenters. The molecule has 0 saturated heterocycles. The molecule has 7 heteroatoms. The highest BCUT2D eigenvalue weighted by Gasteiger charge is 2.33. The Balaban J connectivity index is 1.54. The van der Waals surface area contributed by atoms with Gasteiger partial charge in [0.05, 0.1) is 24.5 Å². The number of imidazole rings is 1. The molecule has 2 aromatic rings. The highest BCUT2D eigenvalue weighted by atomic mass is 16.3. The SMILES string of the molecule is Cn1nccc1CCC(=O)N[C@@H]1CCC[C@@H](n2ccnc2)[C@@H]1O. The van der Waals surface area contributed by atoms with Gasteiger partial charge in [-0.2, -0.15) is 5.10 Å². The van der Waals surface area contributed by atoms with E-state index in [2.05, 4.69) is 15.4 Å². The molecule has 2 aromatic heterocycles. The van der Waals surface area contributed by atoms with Crippen LogP contribution in [0.5, 0.6) is 0 Å². The highest BCUT2D eigenvalue weighted by molar-refractivity contribution is 5.76. The van der Waals surface area contributed by atoms with Gasteiger partial charge in [0, 0.05) is 37.8 Å². The quantitative estimate of drug-likeness (QED) is 0.855. The zero-order chi connectivity index (χ0) is 16.2. The molecule has 1 saturated carbocycles. The van der Waals surface area contributed by atoms with Gasteiger partial charge >= 0.3 is 0 Å². The van der Waals surface area contributed by atoms with Gasteiger partial charge in [-0.1, -0.05) is 0 Å². The lowest BCUT2D eigenvalue weighted by Gasteiger charge is -2.35. The largest absolute Gasteiger partial charge is 0.389 e. The minimum Gasteiger partial charge on any atom is -0.389 e. The Kier molecular flexibility index (Phi) is 4.76. The van der Waals surface area contributed by atoms with Crippen molar-refractivity contribution in [3.8, 4) is 0 Å². The zero-order valence-electron chi connectivity index (χ0n) is 13.3. The molecular weight excluding hydrogens is 294 g/mol. The van der Waals surface area contributed by atoms with Crippen molar-refractivity contribution in [3.63, 3.8) is 0 Å². The molecule has 0 unspecified atom stereocenters. The lowest BCUT2D eigenvalue weighted by atomic mass is 9.87. The second-order valence-electron chi connectivity index (χ2n) is 6.12. The van der Waals surface area contributed by atoms with Crippen LogP contribution < -0.4 is 5.32 Å². The maximum Gasteiger partial charge on any atom is 0.220 e. The van der Waals surface area contributed by atoms with Crippen molar-refractivity contribution < 1.29 is 9.90 Å². The Hall–Kier alpha value is -2.15. The van der Waals surface area contributed by atoms with E-state index in [1.807, 2.05) is 23.9 Å². The molecular formula is C16H23N5O2. The lowest BCUT2D eigenvalue weighted by Crippen LogP contribution is -2.49. The summed E-state index contributed by atoms with van der Waals surface area (Å²) in [6, 6.07) is 1.70. The van der Waals surface area contributed by atoms with Crippen LogP contribution in [0.3, 0.4) is 0 Å². The van der Waals surface area contributed by atoms with Crippen LogP contribution >= 0.6 is 0 Å². The maximum absolute atomic E-state index is 12.2. The molecule has 1 fully saturated rings. The number of carbonyl (C=O) groups excluding carboxylic acids is 1. The second kappa shape index (κ2) is 6.95. The molecule has 0 spiro atoms. The average molecular weight is 317 g/mol. The minimum atomic E-state index is -0.585. The summed E-state index contributed by atoms with van der Waals surface area (Å²) >= 11 is 0. The monoisotopic (exact) mass is 317 g/mol. The summed E-state index contributed by atoms with van der Waals surface area (Å²) in [6.07, 6.45) is 10.2. The van der Waals surface area contributed by atoms with Gasteiger partial charge < -0.3 is 15.0 Å². The van der Waals surface area contributed by atoms with Crippen molar-refractivity contribution >= 4 is 5.91 Å². The van der Waals surface area contributed by atoms with Crippen molar-refractivity contribution in [1.29, 1.82) is 0 Å². The van der Waals surface area contributed by atoms with E-state index in [0.717, 1.165) is 25.0 Å². The number of aromatic nitrogens is 4. The Morgan fingerprint density at radius 2 is 2.30 bits per heavy atom. The Bertz CT molecular complexity index is 637. The van der Waals surface area contributed by atoms with Gasteiger partial charge in [-0.25, -0.2) is 4.98 Å². The maximum atomic E-state index is 12.2. The molecule has 1 amide bonds. The fourth-order valence-corrected chi connectivity index (χ4v) is 3.27. The number of hydrogen-bond donors (Lipinski definition) is 2. The van der Waals surface area contributed by atoms with Gasteiger partial charge in [0.15, 0.2) is 0 Å². The van der Waals surface area contributed by atoms with Crippen LogP contribution in [0.15, 0.2) is 31.0 Å². The first-order valence-corrected chi connectivity index (χ1v) is 8.07. The predicted molar refractivity (Wildman–Crippen MR) is 84.6 cm³/mol. The van der Waals surface area contributed by atoms with Crippen LogP contribution in [0.4, 0.5) is 0 Å². The van der Waals surface area contributed by atoms with E-state index in [-0.39, 0.29) is 18.0 Å². The Morgan fingerprint density at radius 1 is 1.43 bits per heavy atom. The summed E-state index contributed by atoms with van der Waals surface area (Å²) in [7, 11) is 1.87. The van der Waals surface area contributed by atoms with E-state index in [9.17, 15) is 9.90 Å². The predicted octanol–water partition coefficient (Wildman–Crippen LogP) is 0.820. The summed E-state index contributed by atoms with van der Waals surface area (Å²) in [4.78, 5) is 16.2. The normalized spacial score (nSPS) is 24.5.